The Balaban J connectivity index is 1.79. The molecule has 6 rings (SSSR count). The van der Waals surface area contributed by atoms with Crippen LogP contribution in [-0.2, 0) is 10.2 Å². The van der Waals surface area contributed by atoms with Crippen LogP contribution in [0.2, 0.25) is 0 Å². The van der Waals surface area contributed by atoms with Crippen molar-refractivity contribution in [1.82, 2.24) is 0 Å². The van der Waals surface area contributed by atoms with Crippen LogP contribution >= 0.6 is 27.7 Å². The van der Waals surface area contributed by atoms with E-state index in [1.54, 1.807) is 11.8 Å². The Morgan fingerprint density at radius 1 is 1.44 bits per heavy atom. The number of thioether (sulfide) groups is 1. The molecule has 3 atom stereocenters. The summed E-state index contributed by atoms with van der Waals surface area (Å²) in [5.74, 6) is 0.343. The number of phenols is 1. The molecule has 5 nitrogen and oxygen atoms in total. The molecule has 2 N–H and O–H groups in total. The molecule has 0 radical (unpaired) electrons. The van der Waals surface area contributed by atoms with Gasteiger partial charge in [0.15, 0.2) is 11.5 Å². The Morgan fingerprint density at radius 3 is 3.20 bits per heavy atom. The van der Waals surface area contributed by atoms with Crippen molar-refractivity contribution in [1.29, 1.82) is 0 Å². The normalized spacial score (nSPS) is 33.2. The molecule has 1 saturated heterocycles. The Hall–Kier alpha value is -1.60. The van der Waals surface area contributed by atoms with Gasteiger partial charge >= 0.3 is 0 Å². The van der Waals surface area contributed by atoms with Gasteiger partial charge in [0, 0.05) is 40.6 Å². The minimum absolute atomic E-state index is 0.0773. The molecule has 1 aromatic carbocycles. The highest BCUT2D eigenvalue weighted by Gasteiger charge is 2.55. The number of carbonyl (C=O) groups is 1. The van der Waals surface area contributed by atoms with Crippen LogP contribution in [0.25, 0.3) is 5.57 Å². The number of hydrogen-bond donors (Lipinski definition) is 2. The van der Waals surface area contributed by atoms with Gasteiger partial charge in [0.2, 0.25) is 0 Å². The van der Waals surface area contributed by atoms with E-state index in [1.165, 1.54) is 5.57 Å². The van der Waals surface area contributed by atoms with E-state index < -0.39 is 0 Å². The average molecular weight is 416 g/mol. The van der Waals surface area contributed by atoms with Gasteiger partial charge in [-0.05, 0) is 34.3 Å². The van der Waals surface area contributed by atoms with Gasteiger partial charge in [-0.25, -0.2) is 0 Å². The molecule has 0 unspecified atom stereocenters. The standard InChI is InChI=1S/C18H14BrN3O2S/c19-8-4-18-5-11(25-10(18)3-9(8)23)22-16-13(18)14-12-7(1-2-20-14)6-21-15(12)17(16)24/h4,6,10-11,20,24H,1-3,5H2/t10-,11+,18+/m1/s1. The SMILES string of the molecule is O=C1C[C@H]2S[C@H]3C[C@]2(C=C1Br)c1c2c4c(c(O)c1=N3)N=CC=4CCN2. The van der Waals surface area contributed by atoms with E-state index in [4.69, 9.17) is 4.99 Å². The first-order chi connectivity index (χ1) is 12.1. The second kappa shape index (κ2) is 4.57. The summed E-state index contributed by atoms with van der Waals surface area (Å²) in [6.45, 7) is 0.853. The predicted molar refractivity (Wildman–Crippen MR) is 102 cm³/mol. The highest BCUT2D eigenvalue weighted by molar-refractivity contribution is 9.12. The highest BCUT2D eigenvalue weighted by atomic mass is 79.9. The van der Waals surface area contributed by atoms with Crippen LogP contribution < -0.4 is 15.9 Å². The van der Waals surface area contributed by atoms with Crippen molar-refractivity contribution in [2.24, 2.45) is 9.98 Å². The lowest BCUT2D eigenvalue weighted by Crippen LogP contribution is -2.45. The number of benzene rings is 1. The van der Waals surface area contributed by atoms with Crippen LogP contribution in [0.15, 0.2) is 20.5 Å². The van der Waals surface area contributed by atoms with Crippen molar-refractivity contribution in [3.63, 3.8) is 0 Å². The topological polar surface area (TPSA) is 74.0 Å². The zero-order valence-electron chi connectivity index (χ0n) is 13.2. The summed E-state index contributed by atoms with van der Waals surface area (Å²) in [5, 5.41) is 16.4. The van der Waals surface area contributed by atoms with Crippen molar-refractivity contribution < 1.29 is 9.90 Å². The van der Waals surface area contributed by atoms with Gasteiger partial charge < -0.3 is 10.4 Å². The molecule has 4 aliphatic heterocycles. The van der Waals surface area contributed by atoms with Crippen molar-refractivity contribution >= 4 is 56.6 Å². The van der Waals surface area contributed by atoms with E-state index in [0.29, 0.717) is 21.9 Å². The number of anilines is 1. The zero-order valence-corrected chi connectivity index (χ0v) is 15.6. The maximum absolute atomic E-state index is 12.3. The second-order valence-corrected chi connectivity index (χ2v) is 9.44. The van der Waals surface area contributed by atoms with E-state index in [-0.39, 0.29) is 27.6 Å². The molecule has 1 aromatic rings. The molecule has 7 heteroatoms. The van der Waals surface area contributed by atoms with Gasteiger partial charge in [0.25, 0.3) is 0 Å². The second-order valence-electron chi connectivity index (χ2n) is 7.20. The molecule has 4 heterocycles. The van der Waals surface area contributed by atoms with Crippen LogP contribution in [0.3, 0.4) is 0 Å². The first-order valence-corrected chi connectivity index (χ1v) is 10.2. The maximum atomic E-state index is 12.3. The van der Waals surface area contributed by atoms with Crippen molar-refractivity contribution in [3.8, 4) is 5.75 Å². The van der Waals surface area contributed by atoms with E-state index in [9.17, 15) is 9.90 Å². The fourth-order valence-corrected chi connectivity index (χ4v) is 7.17. The summed E-state index contributed by atoms with van der Waals surface area (Å²) in [6.07, 6.45) is 6.25. The van der Waals surface area contributed by atoms with E-state index in [0.717, 1.165) is 35.9 Å². The average Bonchev–Trinajstić information content (AvgIpc) is 3.13. The number of aromatic hydroxyl groups is 1. The lowest BCUT2D eigenvalue weighted by atomic mass is 9.68. The van der Waals surface area contributed by atoms with Gasteiger partial charge in [-0.2, -0.15) is 0 Å². The molecule has 25 heavy (non-hydrogen) atoms. The first kappa shape index (κ1) is 14.6. The molecule has 5 aliphatic rings. The Morgan fingerprint density at radius 2 is 2.32 bits per heavy atom. The molecular formula is C18H14BrN3O2S. The van der Waals surface area contributed by atoms with Crippen molar-refractivity contribution in [3.05, 3.63) is 26.7 Å². The van der Waals surface area contributed by atoms with Gasteiger partial charge in [-0.3, -0.25) is 14.8 Å². The molecule has 0 saturated carbocycles. The summed E-state index contributed by atoms with van der Waals surface area (Å²) in [6, 6.07) is 0. The summed E-state index contributed by atoms with van der Waals surface area (Å²) >= 11 is 5.24. The highest BCUT2D eigenvalue weighted by Crippen LogP contribution is 2.57. The van der Waals surface area contributed by atoms with E-state index in [1.807, 2.05) is 6.21 Å². The smallest absolute Gasteiger partial charge is 0.170 e. The molecule has 2 bridgehead atoms. The zero-order chi connectivity index (χ0) is 16.9. The third kappa shape index (κ3) is 1.64. The van der Waals surface area contributed by atoms with Crippen molar-refractivity contribution in [2.75, 3.05) is 11.9 Å². The fourth-order valence-electron chi connectivity index (χ4n) is 4.91. The molecule has 0 aromatic heterocycles. The number of allylic oxidation sites excluding steroid dienone is 2. The van der Waals surface area contributed by atoms with Crippen LogP contribution in [-0.4, -0.2) is 34.3 Å². The van der Waals surface area contributed by atoms with E-state index in [2.05, 4.69) is 32.3 Å². The largest absolute Gasteiger partial charge is 0.504 e. The van der Waals surface area contributed by atoms with Gasteiger partial charge in [-0.1, -0.05) is 6.08 Å². The number of phenolic OH excluding ortho intramolecular Hbond substituents is 1. The third-order valence-corrected chi connectivity index (χ3v) is 8.13. The number of Topliss-reactive ketones (excluding diaryl/α,β-unsaturated/α-hetero) is 1. The number of fused-ring (bicyclic) bond motifs is 3. The molecule has 1 spiro atoms. The number of nitrogens with one attached hydrogen (secondary N) is 1. The fraction of sp³-hybridized carbons (Fsp3) is 0.389. The van der Waals surface area contributed by atoms with Gasteiger partial charge in [0.05, 0.1) is 15.5 Å². The third-order valence-electron chi connectivity index (χ3n) is 5.96. The number of carbonyl (C=O) groups excluding carboxylic acids is 1. The van der Waals surface area contributed by atoms with Gasteiger partial charge in [-0.15, -0.1) is 11.8 Å². The Bertz CT molecular complexity index is 1080. The van der Waals surface area contributed by atoms with Crippen LogP contribution in [0.4, 0.5) is 11.4 Å². The summed E-state index contributed by atoms with van der Waals surface area (Å²) in [7, 11) is 0. The predicted octanol–water partition coefficient (Wildman–Crippen LogP) is 2.03. The number of rotatable bonds is 0. The number of nitrogens with zero attached hydrogens (tertiary/aromatic N) is 2. The number of aliphatic imine (C=N–C) groups is 1. The van der Waals surface area contributed by atoms with Crippen LogP contribution in [0.5, 0.6) is 5.75 Å². The summed E-state index contributed by atoms with van der Waals surface area (Å²) in [5.41, 5.74) is 3.68. The van der Waals surface area contributed by atoms with Crippen LogP contribution in [0.1, 0.15) is 24.8 Å². The minimum Gasteiger partial charge on any atom is -0.504 e. The molecule has 126 valence electrons. The number of hydrogen-bond acceptors (Lipinski definition) is 6. The minimum atomic E-state index is -0.265. The monoisotopic (exact) mass is 415 g/mol. The summed E-state index contributed by atoms with van der Waals surface area (Å²) in [4.78, 5) is 21.6. The lowest BCUT2D eigenvalue weighted by Gasteiger charge is -2.38. The van der Waals surface area contributed by atoms with Crippen molar-refractivity contribution in [2.45, 2.75) is 35.3 Å². The lowest BCUT2D eigenvalue weighted by molar-refractivity contribution is -0.115. The quantitative estimate of drug-likeness (QED) is 0.635. The number of halogens is 1. The molecule has 1 fully saturated rings. The maximum Gasteiger partial charge on any atom is 0.170 e. The van der Waals surface area contributed by atoms with Gasteiger partial charge in [0.1, 0.15) is 11.0 Å². The Labute approximate surface area is 156 Å². The number of ketones is 1. The van der Waals surface area contributed by atoms with E-state index >= 15 is 0 Å². The summed E-state index contributed by atoms with van der Waals surface area (Å²) < 4.78 is 0.654. The molecular weight excluding hydrogens is 402 g/mol. The molecule has 0 amide bonds. The Kier molecular flexibility index (Phi) is 2.66. The molecule has 1 aliphatic carbocycles. The first-order valence-electron chi connectivity index (χ1n) is 8.44. The van der Waals surface area contributed by atoms with Crippen LogP contribution in [0, 0.1) is 0 Å².